The van der Waals surface area contributed by atoms with Crippen LogP contribution in [-0.2, 0) is 0 Å². The summed E-state index contributed by atoms with van der Waals surface area (Å²) in [6, 6.07) is 0. The molecule has 0 aromatic carbocycles. The molecule has 1 atom stereocenters. The predicted molar refractivity (Wildman–Crippen MR) is 30.9 cm³/mol. The van der Waals surface area contributed by atoms with Gasteiger partial charge in [0.15, 0.2) is 0 Å². The molecule has 0 fully saturated rings. The zero-order valence-corrected chi connectivity index (χ0v) is 4.85. The number of rotatable bonds is 3. The maximum Gasteiger partial charge on any atom is 0.0540 e. The van der Waals surface area contributed by atoms with Gasteiger partial charge in [-0.15, -0.1) is 0 Å². The Balaban J connectivity index is 2.83. The molecule has 0 aliphatic rings. The smallest absolute Gasteiger partial charge is 0.0540 e. The van der Waals surface area contributed by atoms with Gasteiger partial charge in [0.2, 0.25) is 0 Å². The fourth-order valence-corrected chi connectivity index (χ4v) is 0.478. The van der Waals surface area contributed by atoms with Crippen LogP contribution in [0.3, 0.4) is 0 Å². The van der Waals surface area contributed by atoms with Gasteiger partial charge in [-0.25, -0.2) is 0 Å². The van der Waals surface area contributed by atoms with Crippen molar-refractivity contribution in [3.8, 4) is 0 Å². The average Bonchev–Trinajstić information content (AvgIpc) is 1.68. The third-order valence-corrected chi connectivity index (χ3v) is 0.955. The topological polar surface area (TPSA) is 20.2 Å². The SMILES string of the molecule is [CH2]CC(O)CCC. The highest BCUT2D eigenvalue weighted by Gasteiger charge is 1.94. The predicted octanol–water partition coefficient (Wildman–Crippen LogP) is 1.37. The van der Waals surface area contributed by atoms with E-state index in [1.807, 2.05) is 0 Å². The van der Waals surface area contributed by atoms with Gasteiger partial charge in [-0.1, -0.05) is 20.3 Å². The van der Waals surface area contributed by atoms with Gasteiger partial charge in [0.05, 0.1) is 6.10 Å². The summed E-state index contributed by atoms with van der Waals surface area (Å²) in [5, 5.41) is 8.80. The molecule has 1 N–H and O–H groups in total. The Labute approximate surface area is 45.4 Å². The molecule has 0 saturated carbocycles. The summed E-state index contributed by atoms with van der Waals surface area (Å²) in [5.41, 5.74) is 0. The molecular weight excluding hydrogens is 88.1 g/mol. The lowest BCUT2D eigenvalue weighted by atomic mass is 10.2. The first-order valence-corrected chi connectivity index (χ1v) is 2.78. The highest BCUT2D eigenvalue weighted by atomic mass is 16.3. The minimum Gasteiger partial charge on any atom is -0.393 e. The van der Waals surface area contributed by atoms with E-state index in [1.165, 1.54) is 0 Å². The summed E-state index contributed by atoms with van der Waals surface area (Å²) in [4.78, 5) is 0. The monoisotopic (exact) mass is 101 g/mol. The number of hydrogen-bond donors (Lipinski definition) is 1. The van der Waals surface area contributed by atoms with E-state index in [4.69, 9.17) is 5.11 Å². The molecule has 1 unspecified atom stereocenters. The maximum absolute atomic E-state index is 8.80. The molecule has 0 spiro atoms. The molecule has 0 saturated heterocycles. The van der Waals surface area contributed by atoms with Crippen molar-refractivity contribution in [2.45, 2.75) is 32.3 Å². The van der Waals surface area contributed by atoms with E-state index in [-0.39, 0.29) is 6.10 Å². The van der Waals surface area contributed by atoms with Gasteiger partial charge in [-0.05, 0) is 12.8 Å². The molecule has 43 valence electrons. The van der Waals surface area contributed by atoms with Crippen LogP contribution in [0.25, 0.3) is 0 Å². The van der Waals surface area contributed by atoms with Crippen molar-refractivity contribution in [1.82, 2.24) is 0 Å². The fourth-order valence-electron chi connectivity index (χ4n) is 0.478. The average molecular weight is 101 g/mol. The summed E-state index contributed by atoms with van der Waals surface area (Å²) in [6.07, 6.45) is 2.43. The van der Waals surface area contributed by atoms with Gasteiger partial charge in [-0.3, -0.25) is 0 Å². The molecule has 0 aliphatic carbocycles. The number of aliphatic hydroxyl groups excluding tert-OH is 1. The molecule has 0 aliphatic heterocycles. The van der Waals surface area contributed by atoms with Gasteiger partial charge in [-0.2, -0.15) is 0 Å². The van der Waals surface area contributed by atoms with Crippen molar-refractivity contribution in [1.29, 1.82) is 0 Å². The highest BCUT2D eigenvalue weighted by Crippen LogP contribution is 1.97. The minimum atomic E-state index is -0.162. The van der Waals surface area contributed by atoms with Crippen molar-refractivity contribution in [3.63, 3.8) is 0 Å². The van der Waals surface area contributed by atoms with Crippen LogP contribution < -0.4 is 0 Å². The molecule has 7 heavy (non-hydrogen) atoms. The van der Waals surface area contributed by atoms with Crippen LogP contribution >= 0.6 is 0 Å². The van der Waals surface area contributed by atoms with Crippen LogP contribution in [0.5, 0.6) is 0 Å². The molecule has 0 heterocycles. The van der Waals surface area contributed by atoms with Crippen LogP contribution in [0.15, 0.2) is 0 Å². The first-order chi connectivity index (χ1) is 3.31. The van der Waals surface area contributed by atoms with Crippen molar-refractivity contribution in [2.75, 3.05) is 0 Å². The second-order valence-electron chi connectivity index (χ2n) is 1.73. The van der Waals surface area contributed by atoms with Gasteiger partial charge >= 0.3 is 0 Å². The second-order valence-corrected chi connectivity index (χ2v) is 1.73. The first-order valence-electron chi connectivity index (χ1n) is 2.78. The van der Waals surface area contributed by atoms with Crippen LogP contribution in [0.1, 0.15) is 26.2 Å². The Kier molecular flexibility index (Phi) is 4.10. The fraction of sp³-hybridized carbons (Fsp3) is 0.833. The zero-order chi connectivity index (χ0) is 5.70. The van der Waals surface area contributed by atoms with E-state index >= 15 is 0 Å². The van der Waals surface area contributed by atoms with Crippen molar-refractivity contribution >= 4 is 0 Å². The number of hydrogen-bond acceptors (Lipinski definition) is 1. The number of aliphatic hydroxyl groups is 1. The quantitative estimate of drug-likeness (QED) is 0.569. The highest BCUT2D eigenvalue weighted by molar-refractivity contribution is 4.53. The van der Waals surface area contributed by atoms with Crippen molar-refractivity contribution < 1.29 is 5.11 Å². The molecule has 0 bridgehead atoms. The summed E-state index contributed by atoms with van der Waals surface area (Å²) in [6.45, 7) is 5.61. The van der Waals surface area contributed by atoms with E-state index < -0.39 is 0 Å². The molecule has 0 amide bonds. The lowest BCUT2D eigenvalue weighted by Gasteiger charge is -2.01. The Hall–Kier alpha value is -0.0400. The largest absolute Gasteiger partial charge is 0.393 e. The molecule has 1 nitrogen and oxygen atoms in total. The van der Waals surface area contributed by atoms with Crippen LogP contribution in [-0.4, -0.2) is 11.2 Å². The molecule has 1 radical (unpaired) electrons. The van der Waals surface area contributed by atoms with E-state index in [1.54, 1.807) is 0 Å². The summed E-state index contributed by atoms with van der Waals surface area (Å²) in [7, 11) is 0. The third kappa shape index (κ3) is 3.80. The second kappa shape index (κ2) is 4.13. The van der Waals surface area contributed by atoms with Gasteiger partial charge in [0, 0.05) is 0 Å². The molecule has 0 aromatic heterocycles. The third-order valence-electron chi connectivity index (χ3n) is 0.955. The van der Waals surface area contributed by atoms with E-state index in [0.29, 0.717) is 6.42 Å². The van der Waals surface area contributed by atoms with Crippen LogP contribution in [0.2, 0.25) is 0 Å². The Morgan fingerprint density at radius 3 is 2.43 bits per heavy atom. The van der Waals surface area contributed by atoms with Crippen molar-refractivity contribution in [3.05, 3.63) is 6.92 Å². The van der Waals surface area contributed by atoms with Gasteiger partial charge in [0.25, 0.3) is 0 Å². The molecule has 0 rings (SSSR count). The Morgan fingerprint density at radius 1 is 1.71 bits per heavy atom. The Morgan fingerprint density at radius 2 is 2.29 bits per heavy atom. The summed E-state index contributed by atoms with van der Waals surface area (Å²) in [5.74, 6) is 0. The molecule has 0 aromatic rings. The molecular formula is C6H13O. The standard InChI is InChI=1S/C6H13O/c1-3-5-6(7)4-2/h6-7H,2-5H2,1H3. The lowest BCUT2D eigenvalue weighted by molar-refractivity contribution is 0.166. The summed E-state index contributed by atoms with van der Waals surface area (Å²) < 4.78 is 0. The van der Waals surface area contributed by atoms with Gasteiger partial charge in [0.1, 0.15) is 0 Å². The first kappa shape index (κ1) is 6.96. The van der Waals surface area contributed by atoms with E-state index in [0.717, 1.165) is 12.8 Å². The lowest BCUT2D eigenvalue weighted by Crippen LogP contribution is -2.01. The van der Waals surface area contributed by atoms with Crippen LogP contribution in [0.4, 0.5) is 0 Å². The van der Waals surface area contributed by atoms with Gasteiger partial charge < -0.3 is 5.11 Å². The van der Waals surface area contributed by atoms with E-state index in [9.17, 15) is 0 Å². The van der Waals surface area contributed by atoms with E-state index in [2.05, 4.69) is 13.8 Å². The minimum absolute atomic E-state index is 0.162. The summed E-state index contributed by atoms with van der Waals surface area (Å²) >= 11 is 0. The maximum atomic E-state index is 8.80. The normalized spacial score (nSPS) is 14.1. The molecule has 1 heteroatoms. The zero-order valence-electron chi connectivity index (χ0n) is 4.85. The van der Waals surface area contributed by atoms with Crippen molar-refractivity contribution in [2.24, 2.45) is 0 Å². The Bertz CT molecular complexity index is 35.2. The van der Waals surface area contributed by atoms with Crippen LogP contribution in [0, 0.1) is 6.92 Å².